The molecule has 0 spiro atoms. The van der Waals surface area contributed by atoms with E-state index in [0.717, 1.165) is 18.8 Å². The molecule has 0 saturated heterocycles. The summed E-state index contributed by atoms with van der Waals surface area (Å²) in [4.78, 5) is 17.7. The average molecular weight is 379 g/mol. The Balaban J connectivity index is 2.39. The third-order valence-electron chi connectivity index (χ3n) is 5.28. The van der Waals surface area contributed by atoms with E-state index in [1.807, 2.05) is 0 Å². The molecule has 1 rings (SSSR count). The Hall–Kier alpha value is -1.46. The molecular weight excluding hydrogens is 340 g/mol. The molecule has 154 valence electrons. The molecule has 1 aromatic rings. The third-order valence-corrected chi connectivity index (χ3v) is 5.28. The van der Waals surface area contributed by atoms with Gasteiger partial charge in [-0.25, -0.2) is 0 Å². The maximum atomic E-state index is 12.4. The standard InChI is InChI=1S/C22H38N2O3/c1-17(2)9-6-10-18(3)11-7-13-22(4,27)20(25)16-24(5)21(26)19-12-8-14-23-15-19/h8,12,14-15,17-18,20,25,27H,6-7,9-11,13,16H2,1-5H3. The van der Waals surface area contributed by atoms with Crippen LogP contribution in [0.15, 0.2) is 24.5 Å². The summed E-state index contributed by atoms with van der Waals surface area (Å²) in [6, 6.07) is 3.40. The van der Waals surface area contributed by atoms with Gasteiger partial charge in [-0.2, -0.15) is 0 Å². The Bertz CT molecular complexity index is 546. The van der Waals surface area contributed by atoms with Crippen LogP contribution in [0.1, 0.15) is 76.6 Å². The minimum Gasteiger partial charge on any atom is -0.388 e. The lowest BCUT2D eigenvalue weighted by atomic mass is 9.89. The van der Waals surface area contributed by atoms with Crippen LogP contribution in [-0.2, 0) is 0 Å². The fraction of sp³-hybridized carbons (Fsp3) is 0.727. The lowest BCUT2D eigenvalue weighted by Gasteiger charge is -2.32. The fourth-order valence-corrected chi connectivity index (χ4v) is 3.24. The average Bonchev–Trinajstić information content (AvgIpc) is 2.61. The second kappa shape index (κ2) is 11.4. The Morgan fingerprint density at radius 2 is 1.89 bits per heavy atom. The summed E-state index contributed by atoms with van der Waals surface area (Å²) in [6.45, 7) is 8.50. The number of carbonyl (C=O) groups is 1. The van der Waals surface area contributed by atoms with Crippen molar-refractivity contribution in [2.75, 3.05) is 13.6 Å². The number of amides is 1. The van der Waals surface area contributed by atoms with Gasteiger partial charge in [0, 0.05) is 26.0 Å². The monoisotopic (exact) mass is 378 g/mol. The zero-order valence-corrected chi connectivity index (χ0v) is 17.7. The SMILES string of the molecule is CC(C)CCCC(C)CCCC(C)(O)C(O)CN(C)C(=O)c1cccnc1. The van der Waals surface area contributed by atoms with Crippen LogP contribution in [0.3, 0.4) is 0 Å². The molecule has 1 amide bonds. The Morgan fingerprint density at radius 1 is 1.22 bits per heavy atom. The molecule has 2 N–H and O–H groups in total. The first-order valence-electron chi connectivity index (χ1n) is 10.2. The Labute approximate surface area is 164 Å². The number of aromatic nitrogens is 1. The van der Waals surface area contributed by atoms with E-state index in [2.05, 4.69) is 25.8 Å². The largest absolute Gasteiger partial charge is 0.388 e. The highest BCUT2D eigenvalue weighted by molar-refractivity contribution is 5.93. The minimum atomic E-state index is -1.21. The van der Waals surface area contributed by atoms with E-state index in [4.69, 9.17) is 0 Å². The number of pyridine rings is 1. The maximum Gasteiger partial charge on any atom is 0.255 e. The number of aliphatic hydroxyl groups is 2. The second-order valence-corrected chi connectivity index (χ2v) is 8.62. The number of carbonyl (C=O) groups excluding carboxylic acids is 1. The number of rotatable bonds is 12. The summed E-state index contributed by atoms with van der Waals surface area (Å²) >= 11 is 0. The first-order valence-corrected chi connectivity index (χ1v) is 10.2. The molecule has 0 aliphatic carbocycles. The van der Waals surface area contributed by atoms with Crippen molar-refractivity contribution in [2.24, 2.45) is 11.8 Å². The van der Waals surface area contributed by atoms with Crippen molar-refractivity contribution in [1.29, 1.82) is 0 Å². The van der Waals surface area contributed by atoms with Crippen molar-refractivity contribution in [3.63, 3.8) is 0 Å². The van der Waals surface area contributed by atoms with Crippen molar-refractivity contribution in [3.8, 4) is 0 Å². The molecule has 0 aliphatic heterocycles. The molecule has 0 aliphatic rings. The van der Waals surface area contributed by atoms with Gasteiger partial charge in [-0.1, -0.05) is 52.9 Å². The highest BCUT2D eigenvalue weighted by Crippen LogP contribution is 2.23. The molecule has 1 heterocycles. The van der Waals surface area contributed by atoms with E-state index in [9.17, 15) is 15.0 Å². The Morgan fingerprint density at radius 3 is 2.48 bits per heavy atom. The summed E-state index contributed by atoms with van der Waals surface area (Å²) in [5.41, 5.74) is -0.733. The third kappa shape index (κ3) is 8.85. The predicted molar refractivity (Wildman–Crippen MR) is 110 cm³/mol. The highest BCUT2D eigenvalue weighted by atomic mass is 16.3. The van der Waals surface area contributed by atoms with Crippen LogP contribution in [0, 0.1) is 11.8 Å². The summed E-state index contributed by atoms with van der Waals surface area (Å²) < 4.78 is 0. The van der Waals surface area contributed by atoms with Gasteiger partial charge in [-0.05, 0) is 37.3 Å². The first-order chi connectivity index (χ1) is 12.6. The number of nitrogens with zero attached hydrogens (tertiary/aromatic N) is 2. The maximum absolute atomic E-state index is 12.4. The quantitative estimate of drug-likeness (QED) is 0.578. The van der Waals surface area contributed by atoms with Gasteiger partial charge in [0.25, 0.3) is 5.91 Å². The van der Waals surface area contributed by atoms with Crippen LogP contribution in [0.25, 0.3) is 0 Å². The summed E-state index contributed by atoms with van der Waals surface area (Å²) in [5, 5.41) is 21.1. The second-order valence-electron chi connectivity index (χ2n) is 8.62. The van der Waals surface area contributed by atoms with Gasteiger partial charge >= 0.3 is 0 Å². The molecule has 1 aromatic heterocycles. The molecular formula is C22H38N2O3. The molecule has 0 bridgehead atoms. The summed E-state index contributed by atoms with van der Waals surface area (Å²) in [6.07, 6.45) is 8.29. The van der Waals surface area contributed by atoms with Crippen LogP contribution in [-0.4, -0.2) is 51.3 Å². The highest BCUT2D eigenvalue weighted by Gasteiger charge is 2.31. The molecule has 0 aromatic carbocycles. The number of hydrogen-bond donors (Lipinski definition) is 2. The van der Waals surface area contributed by atoms with Crippen molar-refractivity contribution >= 4 is 5.91 Å². The van der Waals surface area contributed by atoms with E-state index in [1.165, 1.54) is 30.4 Å². The van der Waals surface area contributed by atoms with Crippen molar-refractivity contribution < 1.29 is 15.0 Å². The molecule has 3 unspecified atom stereocenters. The van der Waals surface area contributed by atoms with Gasteiger partial charge in [-0.15, -0.1) is 0 Å². The van der Waals surface area contributed by atoms with E-state index >= 15 is 0 Å². The van der Waals surface area contributed by atoms with Crippen molar-refractivity contribution in [1.82, 2.24) is 9.88 Å². The summed E-state index contributed by atoms with van der Waals surface area (Å²) in [5.74, 6) is 1.17. The topological polar surface area (TPSA) is 73.7 Å². The number of likely N-dealkylation sites (N-methyl/N-ethyl adjacent to an activating group) is 1. The molecule has 3 atom stereocenters. The van der Waals surface area contributed by atoms with Gasteiger partial charge in [0.2, 0.25) is 0 Å². The fourth-order valence-electron chi connectivity index (χ4n) is 3.24. The molecule has 27 heavy (non-hydrogen) atoms. The van der Waals surface area contributed by atoms with Crippen LogP contribution in [0.4, 0.5) is 0 Å². The first kappa shape index (κ1) is 23.6. The smallest absolute Gasteiger partial charge is 0.255 e. The van der Waals surface area contributed by atoms with E-state index in [0.29, 0.717) is 17.9 Å². The van der Waals surface area contributed by atoms with E-state index in [1.54, 1.807) is 32.3 Å². The lowest BCUT2D eigenvalue weighted by molar-refractivity contribution is -0.0754. The Kier molecular flexibility index (Phi) is 9.95. The van der Waals surface area contributed by atoms with Crippen LogP contribution >= 0.6 is 0 Å². The predicted octanol–water partition coefficient (Wildman–Crippen LogP) is 3.90. The van der Waals surface area contributed by atoms with Gasteiger partial charge in [-0.3, -0.25) is 9.78 Å². The normalized spacial score (nSPS) is 16.0. The molecule has 0 saturated carbocycles. The molecule has 5 heteroatoms. The summed E-state index contributed by atoms with van der Waals surface area (Å²) in [7, 11) is 1.63. The van der Waals surface area contributed by atoms with Crippen LogP contribution in [0.2, 0.25) is 0 Å². The number of hydrogen-bond acceptors (Lipinski definition) is 4. The minimum absolute atomic E-state index is 0.0880. The molecule has 0 radical (unpaired) electrons. The van der Waals surface area contributed by atoms with Gasteiger partial charge < -0.3 is 15.1 Å². The van der Waals surface area contributed by atoms with Crippen molar-refractivity contribution in [2.45, 2.75) is 77.9 Å². The zero-order valence-electron chi connectivity index (χ0n) is 17.7. The van der Waals surface area contributed by atoms with Gasteiger partial charge in [0.15, 0.2) is 0 Å². The number of aliphatic hydroxyl groups excluding tert-OH is 1. The molecule has 0 fully saturated rings. The van der Waals surface area contributed by atoms with E-state index in [-0.39, 0.29) is 12.5 Å². The van der Waals surface area contributed by atoms with Crippen LogP contribution < -0.4 is 0 Å². The lowest BCUT2D eigenvalue weighted by Crippen LogP contribution is -2.47. The van der Waals surface area contributed by atoms with Crippen LogP contribution in [0.5, 0.6) is 0 Å². The zero-order chi connectivity index (χ0) is 20.4. The van der Waals surface area contributed by atoms with Gasteiger partial charge in [0.1, 0.15) is 0 Å². The molecule has 5 nitrogen and oxygen atoms in total. The van der Waals surface area contributed by atoms with E-state index < -0.39 is 11.7 Å². The van der Waals surface area contributed by atoms with Crippen molar-refractivity contribution in [3.05, 3.63) is 30.1 Å². The van der Waals surface area contributed by atoms with Gasteiger partial charge in [0.05, 0.1) is 17.3 Å².